The molecule has 3 aromatic rings. The Labute approximate surface area is 207 Å². The van der Waals surface area contributed by atoms with E-state index < -0.39 is 10.0 Å². The maximum atomic E-state index is 12.5. The van der Waals surface area contributed by atoms with E-state index in [1.165, 1.54) is 6.26 Å². The Bertz CT molecular complexity index is 1210. The first kappa shape index (κ1) is 25.1. The lowest BCUT2D eigenvalue weighted by atomic mass is 9.98. The molecular weight excluding hydrogens is 462 g/mol. The van der Waals surface area contributed by atoms with E-state index in [1.54, 1.807) is 22.6 Å². The van der Waals surface area contributed by atoms with Gasteiger partial charge in [-0.25, -0.2) is 18.4 Å². The lowest BCUT2D eigenvalue weighted by Gasteiger charge is -2.28. The molecule has 0 atom stereocenters. The van der Waals surface area contributed by atoms with E-state index in [0.29, 0.717) is 31.5 Å². The molecule has 0 unspecified atom stereocenters. The van der Waals surface area contributed by atoms with Crippen LogP contribution in [0.4, 0.5) is 5.95 Å². The van der Waals surface area contributed by atoms with Crippen LogP contribution < -0.4 is 10.6 Å². The number of sulfonamides is 1. The number of hydrogen-bond donors (Lipinski definition) is 3. The number of rotatable bonds is 10. The van der Waals surface area contributed by atoms with Crippen LogP contribution in [0.5, 0.6) is 5.75 Å². The van der Waals surface area contributed by atoms with Gasteiger partial charge >= 0.3 is 0 Å². The van der Waals surface area contributed by atoms with Crippen LogP contribution in [0.2, 0.25) is 0 Å². The zero-order valence-corrected chi connectivity index (χ0v) is 20.8. The zero-order chi connectivity index (χ0) is 24.7. The lowest BCUT2D eigenvalue weighted by Crippen LogP contribution is -2.38. The van der Waals surface area contributed by atoms with Gasteiger partial charge in [-0.15, -0.1) is 0 Å². The number of piperidine rings is 1. The highest BCUT2D eigenvalue weighted by Gasteiger charge is 2.23. The van der Waals surface area contributed by atoms with Gasteiger partial charge in [0.1, 0.15) is 5.75 Å². The second-order valence-electron chi connectivity index (χ2n) is 9.06. The molecule has 0 spiro atoms. The second kappa shape index (κ2) is 11.6. The quantitative estimate of drug-likeness (QED) is 0.396. The molecule has 0 radical (unpaired) electrons. The van der Waals surface area contributed by atoms with Crippen molar-refractivity contribution in [2.75, 3.05) is 37.8 Å². The van der Waals surface area contributed by atoms with Gasteiger partial charge in [0.25, 0.3) is 0 Å². The number of nitrogens with zero attached hydrogens (tertiary/aromatic N) is 3. The highest BCUT2D eigenvalue weighted by atomic mass is 32.2. The number of phenols is 1. The molecule has 1 aliphatic heterocycles. The molecule has 8 nitrogen and oxygen atoms in total. The van der Waals surface area contributed by atoms with Gasteiger partial charge in [-0.3, -0.25) is 0 Å². The van der Waals surface area contributed by atoms with Gasteiger partial charge < -0.3 is 15.7 Å². The highest BCUT2D eigenvalue weighted by Crippen LogP contribution is 2.22. The smallest absolute Gasteiger partial charge is 0.223 e. The highest BCUT2D eigenvalue weighted by molar-refractivity contribution is 7.88. The molecule has 186 valence electrons. The second-order valence-corrected chi connectivity index (χ2v) is 11.0. The number of aromatic nitrogens is 2. The maximum Gasteiger partial charge on any atom is 0.223 e. The number of hydrogen-bond acceptors (Lipinski definition) is 7. The van der Waals surface area contributed by atoms with Crippen LogP contribution in [-0.2, 0) is 23.0 Å². The molecular formula is C26H33N5O3S. The monoisotopic (exact) mass is 495 g/mol. The van der Waals surface area contributed by atoms with E-state index in [9.17, 15) is 13.5 Å². The van der Waals surface area contributed by atoms with Crippen LogP contribution in [0, 0.1) is 5.92 Å². The first-order chi connectivity index (χ1) is 16.9. The van der Waals surface area contributed by atoms with Crippen molar-refractivity contribution < 1.29 is 13.5 Å². The molecule has 1 fully saturated rings. The topological polar surface area (TPSA) is 107 Å². The van der Waals surface area contributed by atoms with Crippen molar-refractivity contribution in [1.29, 1.82) is 0 Å². The molecule has 0 amide bonds. The number of phenolic OH excluding ortho intramolecular Hbond substituents is 1. The molecule has 4 rings (SSSR count). The first-order valence-electron chi connectivity index (χ1n) is 12.0. The van der Waals surface area contributed by atoms with Crippen LogP contribution in [0.3, 0.4) is 0 Å². The fraction of sp³-hybridized carbons (Fsp3) is 0.385. The minimum absolute atomic E-state index is 0.255. The number of nitrogens with one attached hydrogen (secondary N) is 2. The molecule has 0 saturated carbocycles. The van der Waals surface area contributed by atoms with Crippen molar-refractivity contribution in [2.24, 2.45) is 5.92 Å². The van der Waals surface area contributed by atoms with Crippen LogP contribution in [0.15, 0.2) is 60.8 Å². The molecule has 1 aromatic heterocycles. The summed E-state index contributed by atoms with van der Waals surface area (Å²) in [5, 5.41) is 16.0. The van der Waals surface area contributed by atoms with Crippen molar-refractivity contribution >= 4 is 16.0 Å². The minimum Gasteiger partial charge on any atom is -0.508 e. The molecule has 1 aliphatic rings. The molecule has 1 saturated heterocycles. The number of benzene rings is 2. The summed E-state index contributed by atoms with van der Waals surface area (Å²) < 4.78 is 26.6. The molecule has 35 heavy (non-hydrogen) atoms. The standard InChI is InChI=1S/C26H33N5O3S/c1-35(33,34)31(18-21-9-13-27-14-10-21)19-22-3-2-4-23(17-22)25-12-16-29-26(30-25)28-15-11-20-5-7-24(32)8-6-20/h2-8,12,16-17,21,27,32H,9-11,13-15,18-19H2,1H3,(H,28,29,30). The Hall–Kier alpha value is -3.01. The summed E-state index contributed by atoms with van der Waals surface area (Å²) >= 11 is 0. The van der Waals surface area contributed by atoms with E-state index in [1.807, 2.05) is 42.5 Å². The average Bonchev–Trinajstić information content (AvgIpc) is 2.85. The van der Waals surface area contributed by atoms with E-state index in [-0.39, 0.29) is 5.75 Å². The summed E-state index contributed by atoms with van der Waals surface area (Å²) in [5.74, 6) is 1.17. The van der Waals surface area contributed by atoms with Gasteiger partial charge in [0.05, 0.1) is 11.9 Å². The third kappa shape index (κ3) is 7.48. The van der Waals surface area contributed by atoms with Gasteiger partial charge in [-0.1, -0.05) is 30.3 Å². The fourth-order valence-electron chi connectivity index (χ4n) is 4.29. The third-order valence-electron chi connectivity index (χ3n) is 6.26. The number of aromatic hydroxyl groups is 1. The number of anilines is 1. The van der Waals surface area contributed by atoms with Crippen molar-refractivity contribution in [2.45, 2.75) is 25.8 Å². The van der Waals surface area contributed by atoms with Crippen LogP contribution in [-0.4, -0.2) is 60.2 Å². The van der Waals surface area contributed by atoms with Crippen molar-refractivity contribution in [3.63, 3.8) is 0 Å². The third-order valence-corrected chi connectivity index (χ3v) is 7.48. The summed E-state index contributed by atoms with van der Waals surface area (Å²) in [4.78, 5) is 8.97. The van der Waals surface area contributed by atoms with Crippen LogP contribution in [0.25, 0.3) is 11.3 Å². The van der Waals surface area contributed by atoms with E-state index in [2.05, 4.69) is 20.6 Å². The molecule has 0 bridgehead atoms. The molecule has 0 aliphatic carbocycles. The van der Waals surface area contributed by atoms with Crippen LogP contribution in [0.1, 0.15) is 24.0 Å². The zero-order valence-electron chi connectivity index (χ0n) is 20.0. The predicted octanol–water partition coefficient (Wildman–Crippen LogP) is 3.27. The van der Waals surface area contributed by atoms with Gasteiger partial charge in [-0.05, 0) is 73.7 Å². The summed E-state index contributed by atoms with van der Waals surface area (Å²) in [7, 11) is -3.32. The first-order valence-corrected chi connectivity index (χ1v) is 13.8. The Morgan fingerprint density at radius 2 is 1.86 bits per heavy atom. The van der Waals surface area contributed by atoms with Crippen molar-refractivity contribution in [3.8, 4) is 17.0 Å². The molecule has 2 aromatic carbocycles. The van der Waals surface area contributed by atoms with E-state index in [4.69, 9.17) is 0 Å². The van der Waals surface area contributed by atoms with Gasteiger partial charge in [0.15, 0.2) is 0 Å². The summed E-state index contributed by atoms with van der Waals surface area (Å²) in [6, 6.07) is 16.9. The predicted molar refractivity (Wildman–Crippen MR) is 139 cm³/mol. The maximum absolute atomic E-state index is 12.5. The molecule has 3 N–H and O–H groups in total. The van der Waals surface area contributed by atoms with Gasteiger partial charge in [-0.2, -0.15) is 4.31 Å². The van der Waals surface area contributed by atoms with Gasteiger partial charge in [0.2, 0.25) is 16.0 Å². The average molecular weight is 496 g/mol. The normalized spacial score (nSPS) is 14.8. The Morgan fingerprint density at radius 1 is 1.09 bits per heavy atom. The summed E-state index contributed by atoms with van der Waals surface area (Å²) in [5.41, 5.74) is 3.74. The van der Waals surface area contributed by atoms with Crippen molar-refractivity contribution in [3.05, 3.63) is 71.9 Å². The van der Waals surface area contributed by atoms with E-state index >= 15 is 0 Å². The Morgan fingerprint density at radius 3 is 2.60 bits per heavy atom. The summed E-state index contributed by atoms with van der Waals surface area (Å²) in [6.45, 7) is 3.44. The van der Waals surface area contributed by atoms with Crippen LogP contribution >= 0.6 is 0 Å². The minimum atomic E-state index is -3.32. The Kier molecular flexibility index (Phi) is 8.33. The molecule has 2 heterocycles. The van der Waals surface area contributed by atoms with E-state index in [0.717, 1.165) is 54.7 Å². The SMILES string of the molecule is CS(=O)(=O)N(Cc1cccc(-c2ccnc(NCCc3ccc(O)cc3)n2)c1)CC1CCNCC1. The largest absolute Gasteiger partial charge is 0.508 e. The fourth-order valence-corrected chi connectivity index (χ4v) is 5.15. The summed E-state index contributed by atoms with van der Waals surface area (Å²) in [6.07, 6.45) is 5.78. The van der Waals surface area contributed by atoms with Gasteiger partial charge in [0, 0.05) is 31.4 Å². The lowest BCUT2D eigenvalue weighted by molar-refractivity contribution is 0.285. The molecule has 9 heteroatoms. The Balaban J connectivity index is 1.42. The van der Waals surface area contributed by atoms with Crippen molar-refractivity contribution in [1.82, 2.24) is 19.6 Å².